The first-order valence-electron chi connectivity index (χ1n) is 8.89. The molecule has 0 aromatic heterocycles. The molecule has 0 aliphatic rings. The Labute approximate surface area is 141 Å². The largest absolute Gasteiger partial charge is 0.396 e. The van der Waals surface area contributed by atoms with Crippen LogP contribution in [0.4, 0.5) is 0 Å². The molecule has 0 radical (unpaired) electrons. The van der Waals surface area contributed by atoms with Gasteiger partial charge < -0.3 is 15.7 Å². The minimum atomic E-state index is 0.245. The molecule has 0 amide bonds. The first-order valence-corrected chi connectivity index (χ1v) is 8.89. The lowest BCUT2D eigenvalue weighted by Crippen LogP contribution is -2.39. The van der Waals surface area contributed by atoms with E-state index in [4.69, 9.17) is 10.1 Å². The van der Waals surface area contributed by atoms with E-state index in [0.717, 1.165) is 44.9 Å². The van der Waals surface area contributed by atoms with Crippen molar-refractivity contribution in [1.29, 1.82) is 0 Å². The van der Waals surface area contributed by atoms with Crippen molar-refractivity contribution in [3.8, 4) is 0 Å². The highest BCUT2D eigenvalue weighted by Gasteiger charge is 2.09. The fraction of sp³-hybridized carbons (Fsp3) is 0.632. The van der Waals surface area contributed by atoms with Crippen LogP contribution in [0.1, 0.15) is 51.5 Å². The first-order chi connectivity index (χ1) is 11.2. The molecule has 4 nitrogen and oxygen atoms in total. The molecule has 0 saturated heterocycles. The summed E-state index contributed by atoms with van der Waals surface area (Å²) in [6.45, 7) is 9.20. The van der Waals surface area contributed by atoms with Crippen LogP contribution in [0.3, 0.4) is 0 Å². The molecule has 23 heavy (non-hydrogen) atoms. The van der Waals surface area contributed by atoms with Gasteiger partial charge in [-0.3, -0.25) is 4.99 Å². The highest BCUT2D eigenvalue weighted by molar-refractivity contribution is 5.79. The number of benzene rings is 1. The zero-order valence-corrected chi connectivity index (χ0v) is 14.9. The Morgan fingerprint density at radius 2 is 1.87 bits per heavy atom. The first kappa shape index (κ1) is 19.5. The van der Waals surface area contributed by atoms with Crippen LogP contribution < -0.4 is 10.6 Å². The van der Waals surface area contributed by atoms with Gasteiger partial charge in [-0.25, -0.2) is 0 Å². The van der Waals surface area contributed by atoms with E-state index < -0.39 is 0 Å². The van der Waals surface area contributed by atoms with Crippen LogP contribution in [0.15, 0.2) is 35.3 Å². The zero-order chi connectivity index (χ0) is 16.9. The van der Waals surface area contributed by atoms with Gasteiger partial charge in [0.25, 0.3) is 0 Å². The van der Waals surface area contributed by atoms with Crippen LogP contribution >= 0.6 is 0 Å². The van der Waals surface area contributed by atoms with E-state index in [2.05, 4.69) is 55.7 Å². The second kappa shape index (κ2) is 11.9. The number of guanidine groups is 1. The molecule has 0 fully saturated rings. The van der Waals surface area contributed by atoms with E-state index in [1.165, 1.54) is 5.56 Å². The van der Waals surface area contributed by atoms with Crippen LogP contribution in [0, 0.1) is 5.92 Å². The number of aliphatic imine (C=N–C) groups is 1. The number of hydrogen-bond donors (Lipinski definition) is 3. The third kappa shape index (κ3) is 8.03. The smallest absolute Gasteiger partial charge is 0.191 e. The number of aliphatic hydroxyl groups is 1. The van der Waals surface area contributed by atoms with Crippen molar-refractivity contribution in [2.75, 3.05) is 26.2 Å². The van der Waals surface area contributed by atoms with E-state index in [1.54, 1.807) is 0 Å². The minimum Gasteiger partial charge on any atom is -0.396 e. The Morgan fingerprint density at radius 3 is 2.48 bits per heavy atom. The molecule has 3 N–H and O–H groups in total. The molecule has 0 saturated carbocycles. The van der Waals surface area contributed by atoms with Crippen LogP contribution in [-0.4, -0.2) is 37.3 Å². The Morgan fingerprint density at radius 1 is 1.13 bits per heavy atom. The lowest BCUT2D eigenvalue weighted by atomic mass is 10.0. The van der Waals surface area contributed by atoms with E-state index in [0.29, 0.717) is 11.8 Å². The Hall–Kier alpha value is -1.55. The molecule has 0 spiro atoms. The quantitative estimate of drug-likeness (QED) is 0.459. The third-order valence-corrected chi connectivity index (χ3v) is 4.03. The van der Waals surface area contributed by atoms with Gasteiger partial charge in [-0.15, -0.1) is 0 Å². The van der Waals surface area contributed by atoms with Crippen molar-refractivity contribution in [1.82, 2.24) is 10.6 Å². The van der Waals surface area contributed by atoms with Crippen LogP contribution in [0.25, 0.3) is 0 Å². The summed E-state index contributed by atoms with van der Waals surface area (Å²) in [6, 6.07) is 10.5. The highest BCUT2D eigenvalue weighted by atomic mass is 16.3. The van der Waals surface area contributed by atoms with Gasteiger partial charge >= 0.3 is 0 Å². The maximum absolute atomic E-state index is 9.15. The van der Waals surface area contributed by atoms with Gasteiger partial charge in [-0.2, -0.15) is 0 Å². The van der Waals surface area contributed by atoms with Crippen LogP contribution in [0.2, 0.25) is 0 Å². The molecule has 1 rings (SSSR count). The lowest BCUT2D eigenvalue weighted by molar-refractivity contribution is 0.253. The minimum absolute atomic E-state index is 0.245. The van der Waals surface area contributed by atoms with Crippen molar-refractivity contribution in [2.24, 2.45) is 10.9 Å². The second-order valence-electron chi connectivity index (χ2n) is 6.08. The summed E-state index contributed by atoms with van der Waals surface area (Å²) in [6.07, 6.45) is 3.08. The molecule has 1 aromatic rings. The Balaban J connectivity index is 2.54. The van der Waals surface area contributed by atoms with Gasteiger partial charge in [0.2, 0.25) is 0 Å². The number of aliphatic hydroxyl groups excluding tert-OH is 1. The summed E-state index contributed by atoms with van der Waals surface area (Å²) < 4.78 is 0. The average Bonchev–Trinajstić information content (AvgIpc) is 2.58. The molecular weight excluding hydrogens is 286 g/mol. The number of rotatable bonds is 10. The lowest BCUT2D eigenvalue weighted by Gasteiger charge is -2.18. The van der Waals surface area contributed by atoms with Gasteiger partial charge in [-0.05, 0) is 37.2 Å². The van der Waals surface area contributed by atoms with Crippen molar-refractivity contribution in [3.05, 3.63) is 35.9 Å². The maximum Gasteiger partial charge on any atom is 0.191 e. The van der Waals surface area contributed by atoms with E-state index in [1.807, 2.05) is 6.07 Å². The van der Waals surface area contributed by atoms with E-state index in [9.17, 15) is 0 Å². The fourth-order valence-corrected chi connectivity index (χ4v) is 2.63. The van der Waals surface area contributed by atoms with E-state index >= 15 is 0 Å². The summed E-state index contributed by atoms with van der Waals surface area (Å²) >= 11 is 0. The van der Waals surface area contributed by atoms with Crippen LogP contribution in [-0.2, 0) is 0 Å². The standard InChI is InChI=1S/C19H33N3O/c1-4-9-17(12-13-23)15-22-19(20-5-2)21-14-16(3)18-10-7-6-8-11-18/h6-8,10-11,16-17,23H,4-5,9,12-15H2,1-3H3,(H2,20,21,22). The van der Waals surface area contributed by atoms with Crippen molar-refractivity contribution < 1.29 is 5.11 Å². The van der Waals surface area contributed by atoms with Gasteiger partial charge in [0.1, 0.15) is 0 Å². The SMILES string of the molecule is CCCC(CCO)CN=C(NCC)NCC(C)c1ccccc1. The van der Waals surface area contributed by atoms with E-state index in [-0.39, 0.29) is 6.61 Å². The predicted octanol–water partition coefficient (Wildman–Crippen LogP) is 3.14. The molecule has 0 aliphatic heterocycles. The van der Waals surface area contributed by atoms with Gasteiger partial charge in [0.05, 0.1) is 0 Å². The number of hydrogen-bond acceptors (Lipinski definition) is 2. The zero-order valence-electron chi connectivity index (χ0n) is 14.9. The molecule has 0 heterocycles. The average molecular weight is 319 g/mol. The predicted molar refractivity (Wildman–Crippen MR) is 98.9 cm³/mol. The molecule has 1 aromatic carbocycles. The summed E-state index contributed by atoms with van der Waals surface area (Å²) in [5.41, 5.74) is 1.33. The van der Waals surface area contributed by atoms with Gasteiger partial charge in [0.15, 0.2) is 5.96 Å². The topological polar surface area (TPSA) is 56.7 Å². The molecule has 0 bridgehead atoms. The van der Waals surface area contributed by atoms with Gasteiger partial charge in [-0.1, -0.05) is 50.6 Å². The third-order valence-electron chi connectivity index (χ3n) is 4.03. The molecule has 130 valence electrons. The molecule has 2 unspecified atom stereocenters. The van der Waals surface area contributed by atoms with Crippen molar-refractivity contribution in [3.63, 3.8) is 0 Å². The van der Waals surface area contributed by atoms with Crippen molar-refractivity contribution >= 4 is 5.96 Å². The molecule has 0 aliphatic carbocycles. The number of nitrogens with one attached hydrogen (secondary N) is 2. The molecule has 4 heteroatoms. The summed E-state index contributed by atoms with van der Waals surface area (Å²) in [4.78, 5) is 4.70. The summed E-state index contributed by atoms with van der Waals surface area (Å²) in [7, 11) is 0. The van der Waals surface area contributed by atoms with Crippen LogP contribution in [0.5, 0.6) is 0 Å². The normalized spacial score (nSPS) is 14.3. The Bertz CT molecular complexity index is 428. The molecular formula is C19H33N3O. The summed E-state index contributed by atoms with van der Waals surface area (Å²) in [5.74, 6) is 1.77. The molecule has 2 atom stereocenters. The number of nitrogens with zero attached hydrogens (tertiary/aromatic N) is 1. The Kier molecular flexibility index (Phi) is 10.1. The second-order valence-corrected chi connectivity index (χ2v) is 6.08. The van der Waals surface area contributed by atoms with Gasteiger partial charge in [0, 0.05) is 26.2 Å². The maximum atomic E-state index is 9.15. The summed E-state index contributed by atoms with van der Waals surface area (Å²) in [5, 5.41) is 15.9. The fourth-order valence-electron chi connectivity index (χ4n) is 2.63. The highest BCUT2D eigenvalue weighted by Crippen LogP contribution is 2.13. The van der Waals surface area contributed by atoms with Crippen molar-refractivity contribution in [2.45, 2.75) is 46.0 Å². The monoisotopic (exact) mass is 319 g/mol.